The van der Waals surface area contributed by atoms with Gasteiger partial charge in [-0.15, -0.1) is 0 Å². The van der Waals surface area contributed by atoms with E-state index >= 15 is 0 Å². The number of ether oxygens (including phenoxy) is 3. The van der Waals surface area contributed by atoms with Crippen molar-refractivity contribution in [2.45, 2.75) is 79.1 Å². The maximum Gasteiger partial charge on any atom is 0.320 e. The average molecular weight is 558 g/mol. The normalized spacial score (nSPS) is 19.0. The summed E-state index contributed by atoms with van der Waals surface area (Å²) in [6.45, 7) is 23.9. The van der Waals surface area contributed by atoms with E-state index in [0.29, 0.717) is 65.4 Å². The van der Waals surface area contributed by atoms with E-state index in [1.54, 1.807) is 0 Å². The molecule has 1 heterocycles. The van der Waals surface area contributed by atoms with Gasteiger partial charge in [0, 0.05) is 65.4 Å². The van der Waals surface area contributed by atoms with E-state index in [9.17, 15) is 14.4 Å². The van der Waals surface area contributed by atoms with Gasteiger partial charge in [0.1, 0.15) is 16.8 Å². The van der Waals surface area contributed by atoms with E-state index in [4.69, 9.17) is 14.2 Å². The number of nitrogens with one attached hydrogen (secondary N) is 2. The SMILES string of the molecule is CC(C)(C)OC(=O)CN1CCNCCN(CC(=O)OC(C)(C)C)CCN(CC(=O)OC(C)(C)C)CCNCC1. The molecule has 0 radical (unpaired) electrons. The van der Waals surface area contributed by atoms with Crippen LogP contribution in [0, 0.1) is 0 Å². The Hall–Kier alpha value is -1.79. The van der Waals surface area contributed by atoms with Crippen molar-refractivity contribution in [2.75, 3.05) is 85.1 Å². The van der Waals surface area contributed by atoms with Crippen molar-refractivity contribution in [3.63, 3.8) is 0 Å². The third kappa shape index (κ3) is 19.8. The van der Waals surface area contributed by atoms with Gasteiger partial charge in [-0.3, -0.25) is 29.1 Å². The van der Waals surface area contributed by atoms with Crippen LogP contribution in [0.4, 0.5) is 0 Å². The Labute approximate surface area is 236 Å². The smallest absolute Gasteiger partial charge is 0.320 e. The van der Waals surface area contributed by atoms with Crippen LogP contribution in [0.5, 0.6) is 0 Å². The minimum Gasteiger partial charge on any atom is -0.459 e. The maximum atomic E-state index is 12.6. The monoisotopic (exact) mass is 557 g/mol. The van der Waals surface area contributed by atoms with Gasteiger partial charge in [0.25, 0.3) is 0 Å². The quantitative estimate of drug-likeness (QED) is 0.362. The average Bonchev–Trinajstić information content (AvgIpc) is 2.72. The van der Waals surface area contributed by atoms with Gasteiger partial charge >= 0.3 is 17.9 Å². The fourth-order valence-electron chi connectivity index (χ4n) is 3.96. The Bertz CT molecular complexity index is 709. The van der Waals surface area contributed by atoms with Gasteiger partial charge in [-0.1, -0.05) is 0 Å². The second kappa shape index (κ2) is 16.5. The summed E-state index contributed by atoms with van der Waals surface area (Å²) >= 11 is 0. The summed E-state index contributed by atoms with van der Waals surface area (Å²) in [7, 11) is 0. The van der Waals surface area contributed by atoms with E-state index in [0.717, 1.165) is 0 Å². The van der Waals surface area contributed by atoms with E-state index in [2.05, 4.69) is 25.3 Å². The van der Waals surface area contributed by atoms with Crippen LogP contribution < -0.4 is 10.6 Å². The van der Waals surface area contributed by atoms with Crippen LogP contribution in [0.25, 0.3) is 0 Å². The molecule has 1 aliphatic heterocycles. The zero-order valence-corrected chi connectivity index (χ0v) is 26.0. The van der Waals surface area contributed by atoms with Gasteiger partial charge in [0.15, 0.2) is 0 Å². The zero-order valence-electron chi connectivity index (χ0n) is 26.0. The molecule has 0 atom stereocenters. The summed E-state index contributed by atoms with van der Waals surface area (Å²) in [6, 6.07) is 0. The summed E-state index contributed by atoms with van der Waals surface area (Å²) in [6.07, 6.45) is 0. The molecule has 39 heavy (non-hydrogen) atoms. The first-order valence-electron chi connectivity index (χ1n) is 14.2. The molecule has 0 amide bonds. The molecule has 11 heteroatoms. The Kier molecular flexibility index (Phi) is 14.9. The first-order valence-corrected chi connectivity index (χ1v) is 14.2. The highest BCUT2D eigenvalue weighted by Gasteiger charge is 2.23. The molecule has 0 bridgehead atoms. The molecular formula is C28H55N5O6. The van der Waals surface area contributed by atoms with Gasteiger partial charge in [-0.05, 0) is 62.3 Å². The Morgan fingerprint density at radius 3 is 0.949 bits per heavy atom. The molecule has 0 saturated carbocycles. The second-order valence-electron chi connectivity index (χ2n) is 13.1. The lowest BCUT2D eigenvalue weighted by Crippen LogP contribution is -2.45. The molecular weight excluding hydrogens is 502 g/mol. The standard InChI is InChI=1S/C28H55N5O6/c1-26(2,3)37-23(34)20-31-14-10-29-12-16-32(21-24(35)38-27(4,5)6)18-19-33(17-13-30-11-15-31)22-25(36)39-28(7,8)9/h29-30H,10-22H2,1-9H3. The van der Waals surface area contributed by atoms with Gasteiger partial charge in [-0.25, -0.2) is 0 Å². The summed E-state index contributed by atoms with van der Waals surface area (Å²) in [5, 5.41) is 6.86. The lowest BCUT2D eigenvalue weighted by atomic mass is 10.2. The van der Waals surface area contributed by atoms with Gasteiger partial charge < -0.3 is 24.8 Å². The van der Waals surface area contributed by atoms with Crippen LogP contribution in [-0.4, -0.2) is 134 Å². The Morgan fingerprint density at radius 1 is 0.487 bits per heavy atom. The molecule has 1 fully saturated rings. The number of esters is 3. The van der Waals surface area contributed by atoms with Crippen molar-refractivity contribution >= 4 is 17.9 Å². The van der Waals surface area contributed by atoms with Crippen molar-refractivity contribution in [2.24, 2.45) is 0 Å². The predicted molar refractivity (Wildman–Crippen MR) is 153 cm³/mol. The largest absolute Gasteiger partial charge is 0.459 e. The lowest BCUT2D eigenvalue weighted by Gasteiger charge is -2.29. The van der Waals surface area contributed by atoms with Crippen molar-refractivity contribution in [1.82, 2.24) is 25.3 Å². The summed E-state index contributed by atoms with van der Waals surface area (Å²) in [4.78, 5) is 43.8. The second-order valence-corrected chi connectivity index (χ2v) is 13.1. The lowest BCUT2D eigenvalue weighted by molar-refractivity contribution is -0.158. The highest BCUT2D eigenvalue weighted by molar-refractivity contribution is 5.73. The molecule has 0 aromatic rings. The highest BCUT2D eigenvalue weighted by Crippen LogP contribution is 2.10. The van der Waals surface area contributed by atoms with Crippen molar-refractivity contribution < 1.29 is 28.6 Å². The van der Waals surface area contributed by atoms with Gasteiger partial charge in [-0.2, -0.15) is 0 Å². The first-order chi connectivity index (χ1) is 17.9. The number of carbonyl (C=O) groups excluding carboxylic acids is 3. The van der Waals surface area contributed by atoms with E-state index < -0.39 is 16.8 Å². The van der Waals surface area contributed by atoms with Crippen molar-refractivity contribution in [3.05, 3.63) is 0 Å². The van der Waals surface area contributed by atoms with Crippen LogP contribution in [0.3, 0.4) is 0 Å². The number of nitrogens with zero attached hydrogens (tertiary/aromatic N) is 3. The fourth-order valence-corrected chi connectivity index (χ4v) is 3.96. The Balaban J connectivity index is 2.89. The van der Waals surface area contributed by atoms with Crippen molar-refractivity contribution in [1.29, 1.82) is 0 Å². The van der Waals surface area contributed by atoms with Crippen LogP contribution in [0.15, 0.2) is 0 Å². The molecule has 2 N–H and O–H groups in total. The minimum absolute atomic E-state index is 0.169. The molecule has 0 aromatic heterocycles. The van der Waals surface area contributed by atoms with Crippen LogP contribution in [0.1, 0.15) is 62.3 Å². The third-order valence-corrected chi connectivity index (χ3v) is 5.47. The van der Waals surface area contributed by atoms with Gasteiger partial charge in [0.05, 0.1) is 19.6 Å². The molecule has 0 unspecified atom stereocenters. The number of hydrogen-bond acceptors (Lipinski definition) is 11. The van der Waals surface area contributed by atoms with Crippen molar-refractivity contribution in [3.8, 4) is 0 Å². The highest BCUT2D eigenvalue weighted by atomic mass is 16.6. The van der Waals surface area contributed by atoms with E-state index in [-0.39, 0.29) is 37.5 Å². The van der Waals surface area contributed by atoms with Crippen LogP contribution >= 0.6 is 0 Å². The fraction of sp³-hybridized carbons (Fsp3) is 0.893. The molecule has 0 spiro atoms. The summed E-state index contributed by atoms with van der Waals surface area (Å²) in [5.41, 5.74) is -1.63. The van der Waals surface area contributed by atoms with E-state index in [1.165, 1.54) is 0 Å². The molecule has 11 nitrogen and oxygen atoms in total. The first kappa shape index (κ1) is 35.2. The molecule has 228 valence electrons. The number of hydrogen-bond donors (Lipinski definition) is 2. The topological polar surface area (TPSA) is 113 Å². The molecule has 1 rings (SSSR count). The summed E-state index contributed by atoms with van der Waals surface area (Å²) in [5.74, 6) is -0.791. The summed E-state index contributed by atoms with van der Waals surface area (Å²) < 4.78 is 16.6. The third-order valence-electron chi connectivity index (χ3n) is 5.47. The van der Waals surface area contributed by atoms with E-state index in [1.807, 2.05) is 62.3 Å². The molecule has 1 aliphatic rings. The minimum atomic E-state index is -0.553. The zero-order chi connectivity index (χ0) is 29.7. The number of rotatable bonds is 6. The molecule has 0 aromatic carbocycles. The van der Waals surface area contributed by atoms with Crippen LogP contribution in [0.2, 0.25) is 0 Å². The molecule has 1 saturated heterocycles. The Morgan fingerprint density at radius 2 is 0.718 bits per heavy atom. The molecule has 0 aliphatic carbocycles. The maximum absolute atomic E-state index is 12.6. The van der Waals surface area contributed by atoms with Crippen LogP contribution in [-0.2, 0) is 28.6 Å². The predicted octanol–water partition coefficient (Wildman–Crippen LogP) is 1.11. The van der Waals surface area contributed by atoms with Gasteiger partial charge in [0.2, 0.25) is 0 Å². The number of carbonyl (C=O) groups is 3.